The molecule has 0 unspecified atom stereocenters. The van der Waals surface area contributed by atoms with E-state index in [4.69, 9.17) is 5.73 Å². The highest BCUT2D eigenvalue weighted by atomic mass is 19.4. The highest BCUT2D eigenvalue weighted by Gasteiger charge is 2.46. The Kier molecular flexibility index (Phi) is 3.47. The van der Waals surface area contributed by atoms with Gasteiger partial charge in [-0.25, -0.2) is 4.98 Å². The zero-order valence-corrected chi connectivity index (χ0v) is 10.7. The summed E-state index contributed by atoms with van der Waals surface area (Å²) in [5.41, 5.74) is 5.73. The standard InChI is InChI=1S/C13H17F3N2O/c1-8-6-10(11(17)18-7-8)12(19)4-2-9(3-5-12)13(14,15)16/h6-7,9,19H,2-5H2,1H3,(H2,17,18). The monoisotopic (exact) mass is 274 g/mol. The van der Waals surface area contributed by atoms with Crippen molar-refractivity contribution in [2.45, 2.75) is 44.4 Å². The highest BCUT2D eigenvalue weighted by Crippen LogP contribution is 2.46. The average Bonchev–Trinajstić information content (AvgIpc) is 2.31. The molecule has 6 heteroatoms. The first-order valence-corrected chi connectivity index (χ1v) is 6.24. The van der Waals surface area contributed by atoms with Crippen LogP contribution in [0.5, 0.6) is 0 Å². The van der Waals surface area contributed by atoms with Crippen LogP contribution in [-0.4, -0.2) is 16.3 Å². The molecule has 1 aliphatic carbocycles. The zero-order valence-electron chi connectivity index (χ0n) is 10.7. The molecule has 19 heavy (non-hydrogen) atoms. The molecule has 0 aliphatic heterocycles. The molecule has 0 aromatic carbocycles. The van der Waals surface area contributed by atoms with Crippen LogP contribution >= 0.6 is 0 Å². The quantitative estimate of drug-likeness (QED) is 0.827. The Hall–Kier alpha value is -1.30. The largest absolute Gasteiger partial charge is 0.391 e. The molecule has 1 fully saturated rings. The van der Waals surface area contributed by atoms with Gasteiger partial charge in [-0.2, -0.15) is 13.2 Å². The fraction of sp³-hybridized carbons (Fsp3) is 0.615. The number of alkyl halides is 3. The molecule has 1 aromatic heterocycles. The third kappa shape index (κ3) is 2.83. The van der Waals surface area contributed by atoms with Crippen molar-refractivity contribution < 1.29 is 18.3 Å². The van der Waals surface area contributed by atoms with E-state index < -0.39 is 17.7 Å². The van der Waals surface area contributed by atoms with E-state index in [-0.39, 0.29) is 31.5 Å². The third-order valence-electron chi connectivity index (χ3n) is 3.83. The smallest absolute Gasteiger partial charge is 0.385 e. The molecule has 0 spiro atoms. The van der Waals surface area contributed by atoms with Crippen molar-refractivity contribution in [1.29, 1.82) is 0 Å². The van der Waals surface area contributed by atoms with Crippen molar-refractivity contribution in [2.75, 3.05) is 5.73 Å². The first kappa shape index (κ1) is 14.1. The Morgan fingerprint density at radius 3 is 2.47 bits per heavy atom. The molecule has 0 amide bonds. The molecule has 1 aliphatic rings. The van der Waals surface area contributed by atoms with Gasteiger partial charge >= 0.3 is 6.18 Å². The Morgan fingerprint density at radius 2 is 1.95 bits per heavy atom. The van der Waals surface area contributed by atoms with Crippen LogP contribution < -0.4 is 5.73 Å². The Bertz CT molecular complexity index is 465. The number of anilines is 1. The minimum absolute atomic E-state index is 0.0620. The fourth-order valence-corrected chi connectivity index (χ4v) is 2.64. The van der Waals surface area contributed by atoms with E-state index in [9.17, 15) is 18.3 Å². The Labute approximate surface area is 109 Å². The lowest BCUT2D eigenvalue weighted by molar-refractivity contribution is -0.193. The van der Waals surface area contributed by atoms with Crippen molar-refractivity contribution in [3.63, 3.8) is 0 Å². The minimum Gasteiger partial charge on any atom is -0.385 e. The molecule has 0 radical (unpaired) electrons. The highest BCUT2D eigenvalue weighted by molar-refractivity contribution is 5.45. The SMILES string of the molecule is Cc1cnc(N)c(C2(O)CCC(C(F)(F)F)CC2)c1. The van der Waals surface area contributed by atoms with Gasteiger partial charge in [-0.05, 0) is 44.2 Å². The number of halogens is 3. The maximum absolute atomic E-state index is 12.6. The summed E-state index contributed by atoms with van der Waals surface area (Å²) < 4.78 is 37.9. The number of aromatic nitrogens is 1. The first-order valence-electron chi connectivity index (χ1n) is 6.24. The average molecular weight is 274 g/mol. The van der Waals surface area contributed by atoms with Gasteiger partial charge in [-0.3, -0.25) is 0 Å². The summed E-state index contributed by atoms with van der Waals surface area (Å²) in [5.74, 6) is -1.13. The second-order valence-corrected chi connectivity index (χ2v) is 5.29. The molecular formula is C13H17F3N2O. The maximum Gasteiger partial charge on any atom is 0.391 e. The summed E-state index contributed by atoms with van der Waals surface area (Å²) in [4.78, 5) is 3.96. The maximum atomic E-state index is 12.6. The van der Waals surface area contributed by atoms with E-state index >= 15 is 0 Å². The van der Waals surface area contributed by atoms with Crippen LogP contribution in [0.4, 0.5) is 19.0 Å². The van der Waals surface area contributed by atoms with E-state index in [2.05, 4.69) is 4.98 Å². The van der Waals surface area contributed by atoms with Gasteiger partial charge in [0.15, 0.2) is 0 Å². The molecule has 1 heterocycles. The van der Waals surface area contributed by atoms with E-state index in [0.717, 1.165) is 5.56 Å². The molecule has 3 N–H and O–H groups in total. The summed E-state index contributed by atoms with van der Waals surface area (Å²) in [6, 6.07) is 1.70. The number of hydrogen-bond donors (Lipinski definition) is 2. The van der Waals surface area contributed by atoms with Gasteiger partial charge in [0.05, 0.1) is 11.5 Å². The molecular weight excluding hydrogens is 257 g/mol. The van der Waals surface area contributed by atoms with Crippen molar-refractivity contribution in [1.82, 2.24) is 4.98 Å². The summed E-state index contributed by atoms with van der Waals surface area (Å²) in [7, 11) is 0. The minimum atomic E-state index is -4.18. The predicted octanol–water partition coefficient (Wildman–Crippen LogP) is 2.91. The topological polar surface area (TPSA) is 59.1 Å². The third-order valence-corrected chi connectivity index (χ3v) is 3.83. The summed E-state index contributed by atoms with van der Waals surface area (Å²) in [6.45, 7) is 1.81. The van der Waals surface area contributed by atoms with Gasteiger partial charge in [0.2, 0.25) is 0 Å². The van der Waals surface area contributed by atoms with Gasteiger partial charge < -0.3 is 10.8 Å². The van der Waals surface area contributed by atoms with Gasteiger partial charge in [-0.15, -0.1) is 0 Å². The molecule has 0 saturated heterocycles. The predicted molar refractivity (Wildman–Crippen MR) is 65.3 cm³/mol. The van der Waals surface area contributed by atoms with Crippen molar-refractivity contribution in [3.8, 4) is 0 Å². The first-order chi connectivity index (χ1) is 8.72. The lowest BCUT2D eigenvalue weighted by Gasteiger charge is -2.37. The van der Waals surface area contributed by atoms with Crippen molar-refractivity contribution >= 4 is 5.82 Å². The lowest BCUT2D eigenvalue weighted by Crippen LogP contribution is -2.37. The van der Waals surface area contributed by atoms with Crippen LogP contribution in [0.1, 0.15) is 36.8 Å². The zero-order chi connectivity index (χ0) is 14.3. The van der Waals surface area contributed by atoms with Gasteiger partial charge in [0.25, 0.3) is 0 Å². The molecule has 106 valence electrons. The summed E-state index contributed by atoms with van der Waals surface area (Å²) in [5, 5.41) is 10.5. The van der Waals surface area contributed by atoms with Crippen molar-refractivity contribution in [2.24, 2.45) is 5.92 Å². The van der Waals surface area contributed by atoms with Gasteiger partial charge in [0, 0.05) is 11.8 Å². The van der Waals surface area contributed by atoms with E-state index in [1.807, 2.05) is 0 Å². The summed E-state index contributed by atoms with van der Waals surface area (Å²) >= 11 is 0. The van der Waals surface area contributed by atoms with Gasteiger partial charge in [-0.1, -0.05) is 0 Å². The van der Waals surface area contributed by atoms with Gasteiger partial charge in [0.1, 0.15) is 5.82 Å². The number of nitrogens with zero attached hydrogens (tertiary/aromatic N) is 1. The Balaban J connectivity index is 2.20. The molecule has 1 saturated carbocycles. The number of pyridine rings is 1. The molecule has 0 bridgehead atoms. The number of aliphatic hydroxyl groups is 1. The van der Waals surface area contributed by atoms with Crippen LogP contribution in [0.15, 0.2) is 12.3 Å². The van der Waals surface area contributed by atoms with Crippen LogP contribution in [0.3, 0.4) is 0 Å². The number of aryl methyl sites for hydroxylation is 1. The fourth-order valence-electron chi connectivity index (χ4n) is 2.64. The van der Waals surface area contributed by atoms with Crippen LogP contribution in [0.2, 0.25) is 0 Å². The normalized spacial score (nSPS) is 28.4. The lowest BCUT2D eigenvalue weighted by atomic mass is 9.75. The van der Waals surface area contributed by atoms with Crippen LogP contribution in [-0.2, 0) is 5.60 Å². The van der Waals surface area contributed by atoms with E-state index in [1.165, 1.54) is 0 Å². The Morgan fingerprint density at radius 1 is 1.37 bits per heavy atom. The van der Waals surface area contributed by atoms with Crippen LogP contribution in [0.25, 0.3) is 0 Å². The number of rotatable bonds is 1. The number of hydrogen-bond acceptors (Lipinski definition) is 3. The molecule has 3 nitrogen and oxygen atoms in total. The number of nitrogen functional groups attached to an aromatic ring is 1. The molecule has 2 rings (SSSR count). The second kappa shape index (κ2) is 4.67. The second-order valence-electron chi connectivity index (χ2n) is 5.29. The van der Waals surface area contributed by atoms with E-state index in [0.29, 0.717) is 5.56 Å². The van der Waals surface area contributed by atoms with E-state index in [1.54, 1.807) is 19.2 Å². The molecule has 0 atom stereocenters. The molecule has 1 aromatic rings. The van der Waals surface area contributed by atoms with Crippen LogP contribution in [0, 0.1) is 12.8 Å². The summed E-state index contributed by atoms with van der Waals surface area (Å²) in [6.07, 6.45) is -2.64. The number of nitrogens with two attached hydrogens (primary N) is 1. The van der Waals surface area contributed by atoms with Crippen molar-refractivity contribution in [3.05, 3.63) is 23.4 Å².